The van der Waals surface area contributed by atoms with Crippen LogP contribution in [0.3, 0.4) is 0 Å². The molecule has 0 bridgehead atoms. The fraction of sp³-hybridized carbons (Fsp3) is 0.385. The van der Waals surface area contributed by atoms with E-state index < -0.39 is 18.0 Å². The summed E-state index contributed by atoms with van der Waals surface area (Å²) in [5, 5.41) is 9.39. The monoisotopic (exact) mass is 291 g/mol. The zero-order valence-corrected chi connectivity index (χ0v) is 12.1. The minimum atomic E-state index is -0.737. The molecule has 8 nitrogen and oxygen atoms in total. The summed E-state index contributed by atoms with van der Waals surface area (Å²) in [7, 11) is 1.27. The van der Waals surface area contributed by atoms with Gasteiger partial charge in [0.1, 0.15) is 6.04 Å². The molecule has 2 heterocycles. The van der Waals surface area contributed by atoms with E-state index in [1.54, 1.807) is 22.8 Å². The predicted molar refractivity (Wildman–Crippen MR) is 76.0 cm³/mol. The van der Waals surface area contributed by atoms with Gasteiger partial charge in [-0.2, -0.15) is 5.10 Å². The number of carbonyl (C=O) groups is 2. The Balaban J connectivity index is 2.14. The number of nitrogens with one attached hydrogen (secondary N) is 2. The maximum atomic E-state index is 11.9. The fourth-order valence-electron chi connectivity index (χ4n) is 1.79. The topological polar surface area (TPSA) is 97.6 Å². The van der Waals surface area contributed by atoms with Gasteiger partial charge < -0.3 is 15.4 Å². The van der Waals surface area contributed by atoms with Crippen LogP contribution >= 0.6 is 0 Å². The van der Waals surface area contributed by atoms with E-state index in [9.17, 15) is 9.59 Å². The van der Waals surface area contributed by atoms with Gasteiger partial charge in [-0.05, 0) is 19.1 Å². The summed E-state index contributed by atoms with van der Waals surface area (Å²) in [6.45, 7) is 3.49. The molecule has 112 valence electrons. The van der Waals surface area contributed by atoms with Crippen molar-refractivity contribution in [3.63, 3.8) is 0 Å². The SMILES string of the molecule is CCc1nc2c(NC(=O)N[C@H](C)C(=O)OC)cccn2n1. The molecular weight excluding hydrogens is 274 g/mol. The van der Waals surface area contributed by atoms with E-state index in [2.05, 4.69) is 25.5 Å². The molecular formula is C13H17N5O3. The third kappa shape index (κ3) is 3.28. The first-order chi connectivity index (χ1) is 10.0. The van der Waals surface area contributed by atoms with Crippen LogP contribution in [0.4, 0.5) is 10.5 Å². The molecule has 0 aromatic carbocycles. The first kappa shape index (κ1) is 14.8. The lowest BCUT2D eigenvalue weighted by Gasteiger charge is -2.12. The molecule has 2 N–H and O–H groups in total. The van der Waals surface area contributed by atoms with Gasteiger partial charge in [-0.1, -0.05) is 6.92 Å². The summed E-state index contributed by atoms with van der Waals surface area (Å²) in [4.78, 5) is 27.5. The van der Waals surface area contributed by atoms with Crippen molar-refractivity contribution in [1.82, 2.24) is 19.9 Å². The van der Waals surface area contributed by atoms with Crippen molar-refractivity contribution in [2.75, 3.05) is 12.4 Å². The number of urea groups is 1. The van der Waals surface area contributed by atoms with Crippen molar-refractivity contribution in [1.29, 1.82) is 0 Å². The molecule has 0 fully saturated rings. The number of nitrogens with zero attached hydrogens (tertiary/aromatic N) is 3. The summed E-state index contributed by atoms with van der Waals surface area (Å²) in [6.07, 6.45) is 2.45. The van der Waals surface area contributed by atoms with Crippen molar-refractivity contribution in [2.24, 2.45) is 0 Å². The lowest BCUT2D eigenvalue weighted by Crippen LogP contribution is -2.41. The number of esters is 1. The van der Waals surface area contributed by atoms with Gasteiger partial charge in [-0.25, -0.2) is 19.1 Å². The third-order valence-electron chi connectivity index (χ3n) is 2.87. The molecule has 2 rings (SSSR count). The number of hydrogen-bond acceptors (Lipinski definition) is 5. The van der Waals surface area contributed by atoms with Crippen molar-refractivity contribution in [3.05, 3.63) is 24.2 Å². The number of anilines is 1. The number of methoxy groups -OCH3 is 1. The summed E-state index contributed by atoms with van der Waals surface area (Å²) in [5.74, 6) is 0.173. The molecule has 0 aliphatic carbocycles. The molecule has 0 aliphatic heterocycles. The number of pyridine rings is 1. The van der Waals surface area contributed by atoms with Crippen molar-refractivity contribution >= 4 is 23.3 Å². The van der Waals surface area contributed by atoms with E-state index in [-0.39, 0.29) is 0 Å². The molecule has 21 heavy (non-hydrogen) atoms. The highest BCUT2D eigenvalue weighted by Gasteiger charge is 2.16. The largest absolute Gasteiger partial charge is 0.467 e. The minimum Gasteiger partial charge on any atom is -0.467 e. The first-order valence-electron chi connectivity index (χ1n) is 6.54. The number of fused-ring (bicyclic) bond motifs is 1. The van der Waals surface area contributed by atoms with Crippen LogP contribution in [-0.2, 0) is 16.0 Å². The van der Waals surface area contributed by atoms with Gasteiger partial charge in [0.25, 0.3) is 0 Å². The van der Waals surface area contributed by atoms with Gasteiger partial charge in [0.2, 0.25) is 0 Å². The Morgan fingerprint density at radius 2 is 2.24 bits per heavy atom. The highest BCUT2D eigenvalue weighted by Crippen LogP contribution is 2.14. The van der Waals surface area contributed by atoms with Crippen molar-refractivity contribution in [2.45, 2.75) is 26.3 Å². The lowest BCUT2D eigenvalue weighted by atomic mass is 10.3. The maximum Gasteiger partial charge on any atom is 0.328 e. The summed E-state index contributed by atoms with van der Waals surface area (Å²) in [6, 6.07) is 2.22. The van der Waals surface area contributed by atoms with E-state index >= 15 is 0 Å². The van der Waals surface area contributed by atoms with Gasteiger partial charge in [0, 0.05) is 12.6 Å². The number of amides is 2. The molecule has 0 saturated carbocycles. The Morgan fingerprint density at radius 1 is 1.48 bits per heavy atom. The van der Waals surface area contributed by atoms with Crippen molar-refractivity contribution < 1.29 is 14.3 Å². The standard InChI is InChI=1S/C13H17N5O3/c1-4-10-16-11-9(6-5-7-18(11)17-10)15-13(20)14-8(2)12(19)21-3/h5-8H,4H2,1-3H3,(H2,14,15,20)/t8-/m1/s1. The van der Waals surface area contributed by atoms with Gasteiger partial charge in [-0.3, -0.25) is 0 Å². The summed E-state index contributed by atoms with van der Waals surface area (Å²) in [5.41, 5.74) is 1.06. The molecule has 8 heteroatoms. The van der Waals surface area contributed by atoms with Crippen LogP contribution in [0.1, 0.15) is 19.7 Å². The highest BCUT2D eigenvalue weighted by atomic mass is 16.5. The molecule has 0 unspecified atom stereocenters. The van der Waals surface area contributed by atoms with Crippen LogP contribution in [0.5, 0.6) is 0 Å². The van der Waals surface area contributed by atoms with Crippen LogP contribution in [0.15, 0.2) is 18.3 Å². The summed E-state index contributed by atoms with van der Waals surface area (Å²) < 4.78 is 6.14. The molecule has 2 aromatic rings. The Labute approximate surface area is 121 Å². The quantitative estimate of drug-likeness (QED) is 0.818. The second kappa shape index (κ2) is 6.21. The average molecular weight is 291 g/mol. The van der Waals surface area contributed by atoms with Crippen LogP contribution < -0.4 is 10.6 Å². The molecule has 2 aromatic heterocycles. The van der Waals surface area contributed by atoms with Crippen LogP contribution in [-0.4, -0.2) is 39.8 Å². The lowest BCUT2D eigenvalue weighted by molar-refractivity contribution is -0.142. The normalized spacial score (nSPS) is 12.0. The third-order valence-corrected chi connectivity index (χ3v) is 2.87. The molecule has 0 aliphatic rings. The maximum absolute atomic E-state index is 11.9. The molecule has 0 spiro atoms. The van der Waals surface area contributed by atoms with E-state index in [1.165, 1.54) is 14.0 Å². The number of ether oxygens (including phenoxy) is 1. The number of carbonyl (C=O) groups excluding carboxylic acids is 2. The van der Waals surface area contributed by atoms with Crippen LogP contribution in [0.2, 0.25) is 0 Å². The highest BCUT2D eigenvalue weighted by molar-refractivity contribution is 5.95. The second-order valence-corrected chi connectivity index (χ2v) is 4.41. The fourth-order valence-corrected chi connectivity index (χ4v) is 1.79. The van der Waals surface area contributed by atoms with E-state index in [0.717, 1.165) is 0 Å². The Bertz CT molecular complexity index is 667. The number of hydrogen-bond donors (Lipinski definition) is 2. The zero-order chi connectivity index (χ0) is 15.4. The Kier molecular flexibility index (Phi) is 4.36. The average Bonchev–Trinajstić information content (AvgIpc) is 2.90. The van der Waals surface area contributed by atoms with E-state index in [0.29, 0.717) is 23.6 Å². The van der Waals surface area contributed by atoms with E-state index in [4.69, 9.17) is 0 Å². The molecule has 0 radical (unpaired) electrons. The number of rotatable bonds is 4. The van der Waals surface area contributed by atoms with Crippen LogP contribution in [0.25, 0.3) is 5.65 Å². The van der Waals surface area contributed by atoms with Crippen molar-refractivity contribution in [3.8, 4) is 0 Å². The smallest absolute Gasteiger partial charge is 0.328 e. The molecule has 1 atom stereocenters. The second-order valence-electron chi connectivity index (χ2n) is 4.41. The van der Waals surface area contributed by atoms with E-state index in [1.807, 2.05) is 6.92 Å². The predicted octanol–water partition coefficient (Wildman–Crippen LogP) is 0.975. The van der Waals surface area contributed by atoms with Gasteiger partial charge in [0.05, 0.1) is 12.8 Å². The Morgan fingerprint density at radius 3 is 2.90 bits per heavy atom. The number of aryl methyl sites for hydroxylation is 1. The first-order valence-corrected chi connectivity index (χ1v) is 6.54. The number of aromatic nitrogens is 3. The zero-order valence-electron chi connectivity index (χ0n) is 12.1. The van der Waals surface area contributed by atoms with Gasteiger partial charge in [0.15, 0.2) is 11.5 Å². The molecule has 2 amide bonds. The van der Waals surface area contributed by atoms with Crippen LogP contribution in [0, 0.1) is 0 Å². The summed E-state index contributed by atoms with van der Waals surface area (Å²) >= 11 is 0. The van der Waals surface area contributed by atoms with Gasteiger partial charge >= 0.3 is 12.0 Å². The molecule has 0 saturated heterocycles. The van der Waals surface area contributed by atoms with Gasteiger partial charge in [-0.15, -0.1) is 0 Å². The Hall–Kier alpha value is -2.64. The minimum absolute atomic E-state index is 0.512.